The molecule has 2 N–H and O–H groups in total. The first-order chi connectivity index (χ1) is 12.5. The highest BCUT2D eigenvalue weighted by Gasteiger charge is 2.16. The molecule has 6 nitrogen and oxygen atoms in total. The summed E-state index contributed by atoms with van der Waals surface area (Å²) in [7, 11) is -3.69. The van der Waals surface area contributed by atoms with Gasteiger partial charge in [0.1, 0.15) is 0 Å². The highest BCUT2D eigenvalue weighted by molar-refractivity contribution is 9.10. The molecular weight excluding hydrogens is 418 g/mol. The number of carbonyl (C=O) groups excluding carboxylic acids is 1. The minimum absolute atomic E-state index is 0.0894. The first-order valence-corrected chi connectivity index (χ1v) is 10.1. The van der Waals surface area contributed by atoms with Crippen molar-refractivity contribution in [1.82, 2.24) is 15.0 Å². The third-order valence-corrected chi connectivity index (χ3v) is 5.79. The fraction of sp³-hybridized carbons (Fsp3) is 0.111. The molecule has 1 heterocycles. The Labute approximate surface area is 159 Å². The van der Waals surface area contributed by atoms with Crippen LogP contribution in [0.3, 0.4) is 0 Å². The zero-order chi connectivity index (χ0) is 18.6. The predicted molar refractivity (Wildman–Crippen MR) is 103 cm³/mol. The Morgan fingerprint density at radius 2 is 1.81 bits per heavy atom. The van der Waals surface area contributed by atoms with E-state index in [1.165, 1.54) is 0 Å². The van der Waals surface area contributed by atoms with Crippen molar-refractivity contribution in [1.29, 1.82) is 0 Å². The predicted octanol–water partition coefficient (Wildman–Crippen LogP) is 2.71. The Morgan fingerprint density at radius 3 is 2.58 bits per heavy atom. The lowest BCUT2D eigenvalue weighted by Gasteiger charge is -2.10. The Hall–Kier alpha value is -2.29. The van der Waals surface area contributed by atoms with E-state index in [0.29, 0.717) is 10.9 Å². The number of hydrogen-bond donors (Lipinski definition) is 2. The summed E-state index contributed by atoms with van der Waals surface area (Å²) >= 11 is 3.31. The molecule has 0 saturated carbocycles. The van der Waals surface area contributed by atoms with Gasteiger partial charge < -0.3 is 5.32 Å². The van der Waals surface area contributed by atoms with Gasteiger partial charge in [-0.15, -0.1) is 0 Å². The topological polar surface area (TPSA) is 88.2 Å². The van der Waals surface area contributed by atoms with Crippen molar-refractivity contribution in [2.24, 2.45) is 0 Å². The molecule has 0 spiro atoms. The highest BCUT2D eigenvalue weighted by atomic mass is 79.9. The molecule has 3 rings (SSSR count). The van der Waals surface area contributed by atoms with E-state index in [2.05, 4.69) is 31.0 Å². The van der Waals surface area contributed by atoms with Crippen molar-refractivity contribution in [3.63, 3.8) is 0 Å². The zero-order valence-corrected chi connectivity index (χ0v) is 16.0. The van der Waals surface area contributed by atoms with Crippen LogP contribution in [0.4, 0.5) is 0 Å². The Kier molecular flexibility index (Phi) is 5.65. The van der Waals surface area contributed by atoms with E-state index in [1.807, 2.05) is 0 Å². The van der Waals surface area contributed by atoms with E-state index in [-0.39, 0.29) is 23.9 Å². The highest BCUT2D eigenvalue weighted by Crippen LogP contribution is 2.21. The quantitative estimate of drug-likeness (QED) is 0.584. The monoisotopic (exact) mass is 433 g/mol. The molecule has 0 atom stereocenters. The summed E-state index contributed by atoms with van der Waals surface area (Å²) in [5.41, 5.74) is 0.512. The molecule has 2 aromatic carbocycles. The number of halogens is 1. The van der Waals surface area contributed by atoms with Gasteiger partial charge in [0, 0.05) is 46.3 Å². The number of amides is 1. The van der Waals surface area contributed by atoms with Gasteiger partial charge in [-0.3, -0.25) is 9.78 Å². The molecule has 0 aliphatic heterocycles. The number of pyridine rings is 1. The van der Waals surface area contributed by atoms with Gasteiger partial charge in [0.15, 0.2) is 0 Å². The average molecular weight is 434 g/mol. The van der Waals surface area contributed by atoms with E-state index >= 15 is 0 Å². The maximum absolute atomic E-state index is 12.5. The molecule has 0 saturated heterocycles. The second-order valence-electron chi connectivity index (χ2n) is 5.51. The van der Waals surface area contributed by atoms with Crippen molar-refractivity contribution in [3.8, 4) is 0 Å². The third-order valence-electron chi connectivity index (χ3n) is 3.74. The molecular formula is C18H16BrN3O3S. The second kappa shape index (κ2) is 7.94. The van der Waals surface area contributed by atoms with Gasteiger partial charge in [0.2, 0.25) is 10.0 Å². The molecule has 0 radical (unpaired) electrons. The minimum atomic E-state index is -3.69. The number of rotatable bonds is 6. The lowest BCUT2D eigenvalue weighted by atomic mass is 10.2. The third kappa shape index (κ3) is 4.27. The van der Waals surface area contributed by atoms with Crippen molar-refractivity contribution < 1.29 is 13.2 Å². The fourth-order valence-corrected chi connectivity index (χ4v) is 3.99. The molecule has 1 aromatic heterocycles. The van der Waals surface area contributed by atoms with Gasteiger partial charge >= 0.3 is 0 Å². The van der Waals surface area contributed by atoms with Gasteiger partial charge in [0.05, 0.1) is 4.90 Å². The molecule has 0 aliphatic carbocycles. The first-order valence-electron chi connectivity index (χ1n) is 7.83. The molecule has 8 heteroatoms. The lowest BCUT2D eigenvalue weighted by Crippen LogP contribution is -2.34. The van der Waals surface area contributed by atoms with Crippen LogP contribution in [0.15, 0.2) is 70.3 Å². The standard InChI is InChI=1S/C18H16BrN3O3S/c19-15-6-4-13(5-7-15)18(23)21-10-11-22-26(24,25)17-3-1-2-14-12-20-9-8-16(14)17/h1-9,12,22H,10-11H2,(H,21,23). The number of nitrogens with zero attached hydrogens (tertiary/aromatic N) is 1. The number of fused-ring (bicyclic) bond motifs is 1. The van der Waals surface area contributed by atoms with Crippen LogP contribution in [0, 0.1) is 0 Å². The number of sulfonamides is 1. The second-order valence-corrected chi connectivity index (χ2v) is 8.16. The lowest BCUT2D eigenvalue weighted by molar-refractivity contribution is 0.0954. The summed E-state index contributed by atoms with van der Waals surface area (Å²) in [5.74, 6) is -0.257. The number of aromatic nitrogens is 1. The van der Waals surface area contributed by atoms with Crippen LogP contribution >= 0.6 is 15.9 Å². The van der Waals surface area contributed by atoms with Gasteiger partial charge in [-0.05, 0) is 36.4 Å². The van der Waals surface area contributed by atoms with Gasteiger partial charge in [-0.2, -0.15) is 0 Å². The summed E-state index contributed by atoms with van der Waals surface area (Å²) in [6.07, 6.45) is 3.17. The van der Waals surface area contributed by atoms with E-state index in [1.54, 1.807) is 60.9 Å². The average Bonchev–Trinajstić information content (AvgIpc) is 2.65. The Bertz CT molecular complexity index is 1030. The number of carbonyl (C=O) groups is 1. The van der Waals surface area contributed by atoms with E-state index in [4.69, 9.17) is 0 Å². The van der Waals surface area contributed by atoms with Crippen LogP contribution in [-0.4, -0.2) is 32.4 Å². The maximum atomic E-state index is 12.5. The summed E-state index contributed by atoms with van der Waals surface area (Å²) in [6.45, 7) is 0.270. The number of nitrogens with one attached hydrogen (secondary N) is 2. The zero-order valence-electron chi connectivity index (χ0n) is 13.6. The van der Waals surface area contributed by atoms with Gasteiger partial charge in [-0.1, -0.05) is 28.1 Å². The SMILES string of the molecule is O=C(NCCNS(=O)(=O)c1cccc2cnccc12)c1ccc(Br)cc1. The smallest absolute Gasteiger partial charge is 0.251 e. The Morgan fingerprint density at radius 1 is 1.04 bits per heavy atom. The van der Waals surface area contributed by atoms with Crippen LogP contribution in [0.5, 0.6) is 0 Å². The molecule has 134 valence electrons. The van der Waals surface area contributed by atoms with Gasteiger partial charge in [-0.25, -0.2) is 13.1 Å². The normalized spacial score (nSPS) is 11.4. The Balaban J connectivity index is 1.62. The summed E-state index contributed by atoms with van der Waals surface area (Å²) in [5, 5.41) is 4.04. The largest absolute Gasteiger partial charge is 0.351 e. The van der Waals surface area contributed by atoms with Crippen molar-refractivity contribution in [2.75, 3.05) is 13.1 Å². The van der Waals surface area contributed by atoms with E-state index in [9.17, 15) is 13.2 Å². The molecule has 3 aromatic rings. The molecule has 0 bridgehead atoms. The van der Waals surface area contributed by atoms with Crippen molar-refractivity contribution in [3.05, 3.63) is 71.0 Å². The summed E-state index contributed by atoms with van der Waals surface area (Å²) in [4.78, 5) is 16.2. The van der Waals surface area contributed by atoms with Crippen LogP contribution < -0.4 is 10.0 Å². The molecule has 26 heavy (non-hydrogen) atoms. The fourth-order valence-electron chi connectivity index (χ4n) is 2.47. The minimum Gasteiger partial charge on any atom is -0.351 e. The summed E-state index contributed by atoms with van der Waals surface area (Å²) < 4.78 is 28.5. The van der Waals surface area contributed by atoms with E-state index < -0.39 is 10.0 Å². The van der Waals surface area contributed by atoms with Gasteiger partial charge in [0.25, 0.3) is 5.91 Å². The first kappa shape index (κ1) is 18.5. The maximum Gasteiger partial charge on any atom is 0.251 e. The van der Waals surface area contributed by atoms with Crippen molar-refractivity contribution in [2.45, 2.75) is 4.90 Å². The molecule has 0 aliphatic rings. The van der Waals surface area contributed by atoms with Crippen LogP contribution in [-0.2, 0) is 10.0 Å². The van der Waals surface area contributed by atoms with Crippen LogP contribution in [0.1, 0.15) is 10.4 Å². The van der Waals surface area contributed by atoms with E-state index in [0.717, 1.165) is 9.86 Å². The van der Waals surface area contributed by atoms with Crippen LogP contribution in [0.2, 0.25) is 0 Å². The molecule has 0 fully saturated rings. The van der Waals surface area contributed by atoms with Crippen molar-refractivity contribution >= 4 is 42.6 Å². The summed E-state index contributed by atoms with van der Waals surface area (Å²) in [6, 6.07) is 13.6. The van der Waals surface area contributed by atoms with Crippen LogP contribution in [0.25, 0.3) is 10.8 Å². The number of hydrogen-bond acceptors (Lipinski definition) is 4. The molecule has 1 amide bonds. The molecule has 0 unspecified atom stereocenters. The number of benzene rings is 2.